The standard InChI is InChI=1S/C19H34N4O/c1-5-6-13-24-14-7-12-21-19(20-2)22-15-17-8-10-18(11-9-17)16-23(3)4/h8-11H,5-7,12-16H2,1-4H3,(H2,20,21,22). The quantitative estimate of drug-likeness (QED) is 0.371. The number of hydrogen-bond donors (Lipinski definition) is 2. The third-order valence-electron chi connectivity index (χ3n) is 3.61. The van der Waals surface area contributed by atoms with Gasteiger partial charge in [-0.25, -0.2) is 0 Å². The number of aliphatic imine (C=N–C) groups is 1. The molecule has 0 fully saturated rings. The van der Waals surface area contributed by atoms with Gasteiger partial charge in [-0.15, -0.1) is 0 Å². The maximum atomic E-state index is 5.55. The van der Waals surface area contributed by atoms with Crippen LogP contribution in [-0.4, -0.2) is 51.8 Å². The fourth-order valence-electron chi connectivity index (χ4n) is 2.26. The van der Waals surface area contributed by atoms with E-state index in [1.165, 1.54) is 17.5 Å². The van der Waals surface area contributed by atoms with Gasteiger partial charge in [-0.2, -0.15) is 0 Å². The summed E-state index contributed by atoms with van der Waals surface area (Å²) < 4.78 is 5.55. The van der Waals surface area contributed by atoms with Crippen LogP contribution in [0.2, 0.25) is 0 Å². The Balaban J connectivity index is 2.21. The highest BCUT2D eigenvalue weighted by atomic mass is 16.5. The van der Waals surface area contributed by atoms with E-state index in [9.17, 15) is 0 Å². The number of hydrogen-bond acceptors (Lipinski definition) is 3. The Labute approximate surface area is 147 Å². The normalized spacial score (nSPS) is 11.8. The summed E-state index contributed by atoms with van der Waals surface area (Å²) in [4.78, 5) is 6.43. The lowest BCUT2D eigenvalue weighted by molar-refractivity contribution is 0.129. The molecule has 1 aromatic rings. The van der Waals surface area contributed by atoms with Gasteiger partial charge in [-0.3, -0.25) is 4.99 Å². The minimum Gasteiger partial charge on any atom is -0.381 e. The van der Waals surface area contributed by atoms with Crippen molar-refractivity contribution in [2.45, 2.75) is 39.3 Å². The highest BCUT2D eigenvalue weighted by molar-refractivity contribution is 5.79. The third kappa shape index (κ3) is 9.53. The largest absolute Gasteiger partial charge is 0.381 e. The number of ether oxygens (including phenoxy) is 1. The van der Waals surface area contributed by atoms with Crippen molar-refractivity contribution in [3.63, 3.8) is 0 Å². The van der Waals surface area contributed by atoms with E-state index in [0.717, 1.165) is 51.6 Å². The number of unbranched alkanes of at least 4 members (excludes halogenated alkanes) is 1. The number of nitrogens with zero attached hydrogens (tertiary/aromatic N) is 2. The molecule has 0 saturated carbocycles. The van der Waals surface area contributed by atoms with Crippen LogP contribution in [0.5, 0.6) is 0 Å². The van der Waals surface area contributed by atoms with Crippen molar-refractivity contribution in [3.8, 4) is 0 Å². The highest BCUT2D eigenvalue weighted by Gasteiger charge is 2.00. The molecule has 24 heavy (non-hydrogen) atoms. The second-order valence-electron chi connectivity index (χ2n) is 6.23. The summed E-state index contributed by atoms with van der Waals surface area (Å²) in [5.41, 5.74) is 2.58. The molecule has 0 aliphatic heterocycles. The lowest BCUT2D eigenvalue weighted by Gasteiger charge is -2.13. The molecule has 0 aromatic heterocycles. The monoisotopic (exact) mass is 334 g/mol. The van der Waals surface area contributed by atoms with Gasteiger partial charge >= 0.3 is 0 Å². The lowest BCUT2D eigenvalue weighted by Crippen LogP contribution is -2.37. The van der Waals surface area contributed by atoms with Crippen molar-refractivity contribution < 1.29 is 4.74 Å². The van der Waals surface area contributed by atoms with Crippen molar-refractivity contribution in [2.24, 2.45) is 4.99 Å². The zero-order valence-electron chi connectivity index (χ0n) is 15.8. The fraction of sp³-hybridized carbons (Fsp3) is 0.632. The topological polar surface area (TPSA) is 48.9 Å². The maximum Gasteiger partial charge on any atom is 0.191 e. The first-order valence-electron chi connectivity index (χ1n) is 8.90. The molecule has 0 aliphatic rings. The molecular formula is C19H34N4O. The summed E-state index contributed by atoms with van der Waals surface area (Å²) in [7, 11) is 5.97. The molecule has 0 atom stereocenters. The van der Waals surface area contributed by atoms with Gasteiger partial charge in [0.15, 0.2) is 5.96 Å². The molecular weight excluding hydrogens is 300 g/mol. The van der Waals surface area contributed by atoms with Crippen LogP contribution >= 0.6 is 0 Å². The smallest absolute Gasteiger partial charge is 0.191 e. The van der Waals surface area contributed by atoms with E-state index in [1.807, 2.05) is 0 Å². The minimum absolute atomic E-state index is 0.773. The van der Waals surface area contributed by atoms with Crippen molar-refractivity contribution in [1.29, 1.82) is 0 Å². The first-order chi connectivity index (χ1) is 11.7. The molecule has 136 valence electrons. The summed E-state index contributed by atoms with van der Waals surface area (Å²) in [6, 6.07) is 8.70. The Morgan fingerprint density at radius 1 is 1.04 bits per heavy atom. The van der Waals surface area contributed by atoms with E-state index in [1.54, 1.807) is 7.05 Å². The molecule has 0 amide bonds. The molecule has 2 N–H and O–H groups in total. The third-order valence-corrected chi connectivity index (χ3v) is 3.61. The molecule has 0 radical (unpaired) electrons. The van der Waals surface area contributed by atoms with E-state index in [-0.39, 0.29) is 0 Å². The van der Waals surface area contributed by atoms with Crippen molar-refractivity contribution >= 4 is 5.96 Å². The Morgan fingerprint density at radius 2 is 1.71 bits per heavy atom. The first kappa shape index (κ1) is 20.5. The van der Waals surface area contributed by atoms with Gasteiger partial charge < -0.3 is 20.3 Å². The predicted molar refractivity (Wildman–Crippen MR) is 102 cm³/mol. The maximum absolute atomic E-state index is 5.55. The average molecular weight is 335 g/mol. The second kappa shape index (κ2) is 12.8. The number of benzene rings is 1. The van der Waals surface area contributed by atoms with E-state index in [2.05, 4.69) is 65.8 Å². The highest BCUT2D eigenvalue weighted by Crippen LogP contribution is 2.05. The Morgan fingerprint density at radius 3 is 2.33 bits per heavy atom. The first-order valence-corrected chi connectivity index (χ1v) is 8.90. The molecule has 5 nitrogen and oxygen atoms in total. The Bertz CT molecular complexity index is 457. The fourth-order valence-corrected chi connectivity index (χ4v) is 2.26. The van der Waals surface area contributed by atoms with Gasteiger partial charge in [-0.1, -0.05) is 37.6 Å². The van der Waals surface area contributed by atoms with Gasteiger partial charge in [0.05, 0.1) is 0 Å². The van der Waals surface area contributed by atoms with Crippen molar-refractivity contribution in [1.82, 2.24) is 15.5 Å². The van der Waals surface area contributed by atoms with Gasteiger partial charge in [0, 0.05) is 39.9 Å². The van der Waals surface area contributed by atoms with Crippen LogP contribution in [-0.2, 0) is 17.8 Å². The molecule has 0 aliphatic carbocycles. The number of rotatable bonds is 11. The molecule has 1 rings (SSSR count). The molecule has 5 heteroatoms. The van der Waals surface area contributed by atoms with Gasteiger partial charge in [0.1, 0.15) is 0 Å². The lowest BCUT2D eigenvalue weighted by atomic mass is 10.1. The summed E-state index contributed by atoms with van der Waals surface area (Å²) in [5.74, 6) is 0.834. The van der Waals surface area contributed by atoms with Crippen molar-refractivity contribution in [2.75, 3.05) is 40.9 Å². The van der Waals surface area contributed by atoms with E-state index in [4.69, 9.17) is 4.74 Å². The van der Waals surface area contributed by atoms with Gasteiger partial charge in [0.25, 0.3) is 0 Å². The van der Waals surface area contributed by atoms with Crippen LogP contribution in [0.3, 0.4) is 0 Å². The summed E-state index contributed by atoms with van der Waals surface area (Å²) in [6.07, 6.45) is 3.32. The minimum atomic E-state index is 0.773. The van der Waals surface area contributed by atoms with Gasteiger partial charge in [0.2, 0.25) is 0 Å². The number of guanidine groups is 1. The van der Waals surface area contributed by atoms with E-state index >= 15 is 0 Å². The molecule has 0 unspecified atom stereocenters. The second-order valence-corrected chi connectivity index (χ2v) is 6.23. The van der Waals surface area contributed by atoms with Crippen LogP contribution in [0.25, 0.3) is 0 Å². The van der Waals surface area contributed by atoms with Crippen LogP contribution in [0.15, 0.2) is 29.3 Å². The Hall–Kier alpha value is -1.59. The zero-order valence-corrected chi connectivity index (χ0v) is 15.8. The van der Waals surface area contributed by atoms with Crippen LogP contribution in [0.4, 0.5) is 0 Å². The van der Waals surface area contributed by atoms with Crippen LogP contribution in [0, 0.1) is 0 Å². The SMILES string of the molecule is CCCCOCCCNC(=NC)NCc1ccc(CN(C)C)cc1. The van der Waals surface area contributed by atoms with Gasteiger partial charge in [-0.05, 0) is 38.1 Å². The number of nitrogens with one attached hydrogen (secondary N) is 2. The van der Waals surface area contributed by atoms with E-state index < -0.39 is 0 Å². The molecule has 0 bridgehead atoms. The summed E-state index contributed by atoms with van der Waals surface area (Å²) >= 11 is 0. The van der Waals surface area contributed by atoms with E-state index in [0.29, 0.717) is 0 Å². The van der Waals surface area contributed by atoms with Crippen LogP contribution in [0.1, 0.15) is 37.3 Å². The van der Waals surface area contributed by atoms with Crippen LogP contribution < -0.4 is 10.6 Å². The molecule has 0 saturated heterocycles. The van der Waals surface area contributed by atoms with Crippen molar-refractivity contribution in [3.05, 3.63) is 35.4 Å². The molecule has 0 heterocycles. The Kier molecular flexibility index (Phi) is 10.9. The summed E-state index contributed by atoms with van der Waals surface area (Å²) in [5, 5.41) is 6.67. The summed E-state index contributed by atoms with van der Waals surface area (Å²) in [6.45, 7) is 6.46. The molecule has 0 spiro atoms. The zero-order chi connectivity index (χ0) is 17.6. The molecule has 1 aromatic carbocycles. The predicted octanol–water partition coefficient (Wildman–Crippen LogP) is 2.62. The average Bonchev–Trinajstić information content (AvgIpc) is 2.57.